The minimum Gasteiger partial charge on any atom is -0.459 e. The summed E-state index contributed by atoms with van der Waals surface area (Å²) in [5.41, 5.74) is 9.69. The second-order valence-corrected chi connectivity index (χ2v) is 7.23. The fraction of sp³-hybridized carbons (Fsp3) is 0.227. The van der Waals surface area contributed by atoms with E-state index in [1.54, 1.807) is 0 Å². The maximum absolute atomic E-state index is 12.6. The summed E-state index contributed by atoms with van der Waals surface area (Å²) < 4.78 is 5.41. The molecular formula is C22H22ClN3O3. The maximum Gasteiger partial charge on any atom is 0.329 e. The number of primary amides is 1. The van der Waals surface area contributed by atoms with Gasteiger partial charge in [0.2, 0.25) is 0 Å². The highest BCUT2D eigenvalue weighted by atomic mass is 35.5. The third-order valence-corrected chi connectivity index (χ3v) is 5.12. The van der Waals surface area contributed by atoms with E-state index in [2.05, 4.69) is 10.3 Å². The van der Waals surface area contributed by atoms with Crippen molar-refractivity contribution in [2.45, 2.75) is 32.9 Å². The quantitative estimate of drug-likeness (QED) is 0.476. The van der Waals surface area contributed by atoms with Crippen molar-refractivity contribution in [1.82, 2.24) is 10.3 Å². The van der Waals surface area contributed by atoms with E-state index < -0.39 is 18.0 Å². The van der Waals surface area contributed by atoms with Crippen molar-refractivity contribution in [2.75, 3.05) is 0 Å². The average Bonchev–Trinajstić information content (AvgIpc) is 2.69. The zero-order valence-electron chi connectivity index (χ0n) is 16.2. The third-order valence-electron chi connectivity index (χ3n) is 4.79. The number of nitrogens with one attached hydrogen (secondary N) is 1. The molecule has 3 N–H and O–H groups in total. The van der Waals surface area contributed by atoms with E-state index in [0.29, 0.717) is 5.56 Å². The van der Waals surface area contributed by atoms with Crippen molar-refractivity contribution in [2.24, 2.45) is 5.73 Å². The zero-order valence-corrected chi connectivity index (χ0v) is 17.0. The van der Waals surface area contributed by atoms with Gasteiger partial charge in [-0.2, -0.15) is 0 Å². The Morgan fingerprint density at radius 1 is 1.17 bits per heavy atom. The van der Waals surface area contributed by atoms with Gasteiger partial charge in [-0.15, -0.1) is 0 Å². The fourth-order valence-electron chi connectivity index (χ4n) is 3.07. The van der Waals surface area contributed by atoms with Crippen LogP contribution >= 0.6 is 11.6 Å². The first-order valence-corrected chi connectivity index (χ1v) is 9.55. The van der Waals surface area contributed by atoms with Gasteiger partial charge >= 0.3 is 12.0 Å². The van der Waals surface area contributed by atoms with Crippen molar-refractivity contribution in [3.8, 4) is 0 Å². The number of aryl methyl sites for hydroxylation is 2. The van der Waals surface area contributed by atoms with Crippen molar-refractivity contribution in [1.29, 1.82) is 0 Å². The smallest absolute Gasteiger partial charge is 0.329 e. The van der Waals surface area contributed by atoms with Gasteiger partial charge in [0.05, 0.1) is 5.52 Å². The number of benzene rings is 2. The number of hydrogen-bond acceptors (Lipinski definition) is 4. The fourth-order valence-corrected chi connectivity index (χ4v) is 3.26. The van der Waals surface area contributed by atoms with Gasteiger partial charge in [0.25, 0.3) is 0 Å². The molecule has 150 valence electrons. The van der Waals surface area contributed by atoms with Crippen LogP contribution < -0.4 is 11.1 Å². The van der Waals surface area contributed by atoms with Crippen LogP contribution in [0.4, 0.5) is 4.79 Å². The molecule has 3 aromatic rings. The Morgan fingerprint density at radius 2 is 1.90 bits per heavy atom. The van der Waals surface area contributed by atoms with Gasteiger partial charge < -0.3 is 15.8 Å². The monoisotopic (exact) mass is 411 g/mol. The number of fused-ring (bicyclic) bond motifs is 1. The van der Waals surface area contributed by atoms with Gasteiger partial charge in [0.1, 0.15) is 17.8 Å². The number of pyridine rings is 1. The number of nitrogens with two attached hydrogens (primary N) is 1. The molecule has 7 heteroatoms. The largest absolute Gasteiger partial charge is 0.459 e. The lowest BCUT2D eigenvalue weighted by atomic mass is 10.0. The highest BCUT2D eigenvalue weighted by molar-refractivity contribution is 6.30. The molecule has 0 aliphatic carbocycles. The van der Waals surface area contributed by atoms with E-state index in [1.807, 2.05) is 62.4 Å². The normalized spacial score (nSPS) is 11.8. The summed E-state index contributed by atoms with van der Waals surface area (Å²) in [6, 6.07) is 13.4. The lowest BCUT2D eigenvalue weighted by Gasteiger charge is -2.17. The predicted molar refractivity (Wildman–Crippen MR) is 113 cm³/mol. The van der Waals surface area contributed by atoms with Gasteiger partial charge in [-0.05, 0) is 36.6 Å². The van der Waals surface area contributed by atoms with Crippen LogP contribution in [0.1, 0.15) is 22.3 Å². The first kappa shape index (κ1) is 20.6. The van der Waals surface area contributed by atoms with Crippen molar-refractivity contribution in [3.05, 3.63) is 75.9 Å². The molecule has 0 aliphatic rings. The van der Waals surface area contributed by atoms with E-state index >= 15 is 0 Å². The van der Waals surface area contributed by atoms with Crippen LogP contribution in [-0.2, 0) is 22.6 Å². The van der Waals surface area contributed by atoms with Gasteiger partial charge in [-0.3, -0.25) is 0 Å². The number of amides is 2. The molecule has 1 heterocycles. The number of carbonyl (C=O) groups is 2. The molecule has 0 aliphatic heterocycles. The highest BCUT2D eigenvalue weighted by Crippen LogP contribution is 2.25. The Labute approximate surface area is 174 Å². The number of carbonyl (C=O) groups excluding carboxylic acids is 2. The Morgan fingerprint density at radius 3 is 2.59 bits per heavy atom. The molecule has 3 rings (SSSR count). The van der Waals surface area contributed by atoms with Crippen LogP contribution in [0.3, 0.4) is 0 Å². The van der Waals surface area contributed by atoms with E-state index in [1.165, 1.54) is 0 Å². The van der Waals surface area contributed by atoms with Crippen molar-refractivity contribution < 1.29 is 14.3 Å². The molecule has 0 saturated carbocycles. The summed E-state index contributed by atoms with van der Waals surface area (Å²) in [7, 11) is 0. The number of halogens is 1. The number of nitrogens with zero attached hydrogens (tertiary/aromatic N) is 1. The van der Waals surface area contributed by atoms with Crippen LogP contribution in [0.2, 0.25) is 5.15 Å². The molecule has 2 amide bonds. The topological polar surface area (TPSA) is 94.3 Å². The van der Waals surface area contributed by atoms with E-state index in [4.69, 9.17) is 22.1 Å². The van der Waals surface area contributed by atoms with Crippen LogP contribution in [0, 0.1) is 13.8 Å². The Hall–Kier alpha value is -3.12. The van der Waals surface area contributed by atoms with Crippen LogP contribution in [-0.4, -0.2) is 23.0 Å². The van der Waals surface area contributed by atoms with E-state index in [0.717, 1.165) is 27.6 Å². The van der Waals surface area contributed by atoms with Crippen LogP contribution in [0.15, 0.2) is 48.5 Å². The summed E-state index contributed by atoms with van der Waals surface area (Å²) in [5, 5.41) is 3.63. The molecule has 29 heavy (non-hydrogen) atoms. The Kier molecular flexibility index (Phi) is 6.34. The number of rotatable bonds is 6. The van der Waals surface area contributed by atoms with Crippen LogP contribution in [0.5, 0.6) is 0 Å². The predicted octanol–water partition coefficient (Wildman–Crippen LogP) is 3.83. The Balaban J connectivity index is 1.76. The molecule has 0 spiro atoms. The standard InChI is InChI=1S/C22H22ClN3O3/c1-13-8-9-16-11-17(20(23)26-19(16)14(13)2)12-29-21(27)18(25-22(24)28)10-15-6-4-3-5-7-15/h3-9,11,18H,10,12H2,1-2H3,(H3,24,25,28)/t18-/m0/s1. The molecule has 0 fully saturated rings. The first-order chi connectivity index (χ1) is 13.8. The van der Waals surface area contributed by atoms with E-state index in [-0.39, 0.29) is 18.2 Å². The van der Waals surface area contributed by atoms with Gasteiger partial charge in [0.15, 0.2) is 0 Å². The van der Waals surface area contributed by atoms with Gasteiger partial charge in [-0.1, -0.05) is 54.1 Å². The number of aromatic nitrogens is 1. The van der Waals surface area contributed by atoms with E-state index in [9.17, 15) is 9.59 Å². The molecule has 2 aromatic carbocycles. The molecule has 0 radical (unpaired) electrons. The second-order valence-electron chi connectivity index (χ2n) is 6.88. The number of ether oxygens (including phenoxy) is 1. The molecule has 0 saturated heterocycles. The molecule has 0 unspecified atom stereocenters. The minimum absolute atomic E-state index is 0.0563. The zero-order chi connectivity index (χ0) is 21.0. The molecular weight excluding hydrogens is 390 g/mol. The first-order valence-electron chi connectivity index (χ1n) is 9.17. The lowest BCUT2D eigenvalue weighted by molar-refractivity contribution is -0.147. The van der Waals surface area contributed by atoms with Gasteiger partial charge in [0, 0.05) is 17.4 Å². The molecule has 1 aromatic heterocycles. The van der Waals surface area contributed by atoms with Crippen molar-refractivity contribution >= 4 is 34.5 Å². The maximum atomic E-state index is 12.6. The van der Waals surface area contributed by atoms with Crippen molar-refractivity contribution in [3.63, 3.8) is 0 Å². The molecule has 0 bridgehead atoms. The Bertz CT molecular complexity index is 1050. The number of hydrogen-bond donors (Lipinski definition) is 2. The summed E-state index contributed by atoms with van der Waals surface area (Å²) in [5.74, 6) is -0.594. The summed E-state index contributed by atoms with van der Waals surface area (Å²) in [4.78, 5) is 28.3. The number of esters is 1. The summed E-state index contributed by atoms with van der Waals surface area (Å²) >= 11 is 6.31. The minimum atomic E-state index is -0.896. The molecule has 1 atom stereocenters. The molecule has 6 nitrogen and oxygen atoms in total. The SMILES string of the molecule is Cc1ccc2cc(COC(=O)[C@H](Cc3ccccc3)NC(N)=O)c(Cl)nc2c1C. The average molecular weight is 412 g/mol. The second kappa shape index (κ2) is 8.92. The third kappa shape index (κ3) is 5.03. The summed E-state index contributed by atoms with van der Waals surface area (Å²) in [6.07, 6.45) is 0.269. The van der Waals surface area contributed by atoms with Crippen LogP contribution in [0.25, 0.3) is 10.9 Å². The number of urea groups is 1. The highest BCUT2D eigenvalue weighted by Gasteiger charge is 2.22. The lowest BCUT2D eigenvalue weighted by Crippen LogP contribution is -2.45. The van der Waals surface area contributed by atoms with Gasteiger partial charge in [-0.25, -0.2) is 14.6 Å². The summed E-state index contributed by atoms with van der Waals surface area (Å²) in [6.45, 7) is 3.95.